The Hall–Kier alpha value is -1.55. The Kier molecular flexibility index (Phi) is 7.10. The highest BCUT2D eigenvalue weighted by molar-refractivity contribution is 6.30. The van der Waals surface area contributed by atoms with Gasteiger partial charge in [0.2, 0.25) is 0 Å². The summed E-state index contributed by atoms with van der Waals surface area (Å²) in [6, 6.07) is 14.2. The molecule has 130 valence electrons. The van der Waals surface area contributed by atoms with Gasteiger partial charge in [0.1, 0.15) is 18.5 Å². The largest absolute Gasteiger partial charge is 0.491 e. The van der Waals surface area contributed by atoms with Crippen molar-refractivity contribution in [1.82, 2.24) is 5.32 Å². The second kappa shape index (κ2) is 9.07. The molecule has 0 heterocycles. The number of rotatable bonds is 8. The molecule has 0 amide bonds. The summed E-state index contributed by atoms with van der Waals surface area (Å²) in [5.74, 6) is 0.754. The average molecular weight is 348 g/mol. The number of aliphatic hydroxyl groups excluding tert-OH is 1. The Bertz CT molecular complexity index is 643. The lowest BCUT2D eigenvalue weighted by atomic mass is 10.0. The molecular weight excluding hydrogens is 322 g/mol. The van der Waals surface area contributed by atoms with E-state index in [1.807, 2.05) is 19.1 Å². The zero-order chi connectivity index (χ0) is 17.5. The van der Waals surface area contributed by atoms with Gasteiger partial charge in [0.05, 0.1) is 0 Å². The maximum atomic E-state index is 10.2. The number of nitrogens with one attached hydrogen (secondary N) is 1. The standard InChI is InChI=1S/C20H26ClNO2/c1-4-19(16-7-5-14(2)6-8-16)22-12-18(23)13-24-20-10-9-17(21)11-15(20)3/h5-11,18-19,22-23H,4,12-13H2,1-3H3. The summed E-state index contributed by atoms with van der Waals surface area (Å²) >= 11 is 5.93. The molecule has 0 saturated heterocycles. The van der Waals surface area contributed by atoms with Crippen molar-refractivity contribution in [2.75, 3.05) is 13.2 Å². The van der Waals surface area contributed by atoms with Crippen molar-refractivity contribution in [2.45, 2.75) is 39.3 Å². The number of hydrogen-bond donors (Lipinski definition) is 2. The van der Waals surface area contributed by atoms with E-state index in [1.165, 1.54) is 11.1 Å². The Labute approximate surface area is 149 Å². The van der Waals surface area contributed by atoms with Crippen molar-refractivity contribution in [2.24, 2.45) is 0 Å². The minimum Gasteiger partial charge on any atom is -0.491 e. The molecule has 0 aliphatic heterocycles. The summed E-state index contributed by atoms with van der Waals surface area (Å²) in [6.45, 7) is 6.89. The molecule has 0 spiro atoms. The average Bonchev–Trinajstić information content (AvgIpc) is 2.56. The first-order chi connectivity index (χ1) is 11.5. The first-order valence-corrected chi connectivity index (χ1v) is 8.74. The SMILES string of the molecule is CCC(NCC(O)COc1ccc(Cl)cc1C)c1ccc(C)cc1. The van der Waals surface area contributed by atoms with E-state index < -0.39 is 6.10 Å². The van der Waals surface area contributed by atoms with Gasteiger partial charge in [-0.3, -0.25) is 0 Å². The Morgan fingerprint density at radius 3 is 2.46 bits per heavy atom. The smallest absolute Gasteiger partial charge is 0.122 e. The summed E-state index contributed by atoms with van der Waals surface area (Å²) in [5, 5.41) is 14.3. The van der Waals surface area contributed by atoms with Crippen LogP contribution in [0.15, 0.2) is 42.5 Å². The van der Waals surface area contributed by atoms with Gasteiger partial charge < -0.3 is 15.2 Å². The van der Waals surface area contributed by atoms with Gasteiger partial charge in [0.15, 0.2) is 0 Å². The molecule has 0 saturated carbocycles. The second-order valence-electron chi connectivity index (χ2n) is 6.15. The van der Waals surface area contributed by atoms with Gasteiger partial charge in [-0.05, 0) is 49.6 Å². The van der Waals surface area contributed by atoms with Crippen molar-refractivity contribution >= 4 is 11.6 Å². The summed E-state index contributed by atoms with van der Waals surface area (Å²) in [4.78, 5) is 0. The van der Waals surface area contributed by atoms with Crippen LogP contribution in [0.1, 0.15) is 36.1 Å². The number of aliphatic hydroxyl groups is 1. The summed E-state index contributed by atoms with van der Waals surface area (Å²) in [6.07, 6.45) is 0.395. The van der Waals surface area contributed by atoms with Crippen molar-refractivity contribution in [3.63, 3.8) is 0 Å². The predicted molar refractivity (Wildman–Crippen MR) is 99.9 cm³/mol. The first-order valence-electron chi connectivity index (χ1n) is 8.36. The van der Waals surface area contributed by atoms with Crippen molar-refractivity contribution in [3.05, 3.63) is 64.2 Å². The van der Waals surface area contributed by atoms with Gasteiger partial charge in [-0.2, -0.15) is 0 Å². The molecular formula is C20H26ClNO2. The van der Waals surface area contributed by atoms with Crippen LogP contribution in [0.3, 0.4) is 0 Å². The Morgan fingerprint density at radius 1 is 1.12 bits per heavy atom. The molecule has 2 aromatic carbocycles. The van der Waals surface area contributed by atoms with Crippen LogP contribution in [0, 0.1) is 13.8 Å². The fourth-order valence-corrected chi connectivity index (χ4v) is 2.82. The van der Waals surface area contributed by atoms with Gasteiger partial charge in [-0.25, -0.2) is 0 Å². The van der Waals surface area contributed by atoms with E-state index in [-0.39, 0.29) is 12.6 Å². The zero-order valence-electron chi connectivity index (χ0n) is 14.6. The fraction of sp³-hybridized carbons (Fsp3) is 0.400. The van der Waals surface area contributed by atoms with Gasteiger partial charge in [-0.15, -0.1) is 0 Å². The topological polar surface area (TPSA) is 41.5 Å². The number of aryl methyl sites for hydroxylation is 2. The Balaban J connectivity index is 1.83. The van der Waals surface area contributed by atoms with E-state index in [0.29, 0.717) is 11.6 Å². The van der Waals surface area contributed by atoms with Crippen LogP contribution in [0.2, 0.25) is 5.02 Å². The number of ether oxygens (including phenoxy) is 1. The lowest BCUT2D eigenvalue weighted by molar-refractivity contribution is 0.103. The maximum Gasteiger partial charge on any atom is 0.122 e. The number of halogens is 1. The lowest BCUT2D eigenvalue weighted by Gasteiger charge is -2.20. The van der Waals surface area contributed by atoms with Crippen LogP contribution in [0.4, 0.5) is 0 Å². The van der Waals surface area contributed by atoms with Crippen molar-refractivity contribution in [3.8, 4) is 5.75 Å². The Morgan fingerprint density at radius 2 is 1.83 bits per heavy atom. The molecule has 2 atom stereocenters. The van der Waals surface area contributed by atoms with Crippen LogP contribution in [0.5, 0.6) is 5.75 Å². The van der Waals surface area contributed by atoms with Crippen LogP contribution < -0.4 is 10.1 Å². The lowest BCUT2D eigenvalue weighted by Crippen LogP contribution is -2.33. The molecule has 2 rings (SSSR count). The maximum absolute atomic E-state index is 10.2. The van der Waals surface area contributed by atoms with Crippen molar-refractivity contribution in [1.29, 1.82) is 0 Å². The second-order valence-corrected chi connectivity index (χ2v) is 6.59. The van der Waals surface area contributed by atoms with Gasteiger partial charge in [0.25, 0.3) is 0 Å². The number of hydrogen-bond acceptors (Lipinski definition) is 3. The summed E-state index contributed by atoms with van der Waals surface area (Å²) in [7, 11) is 0. The molecule has 0 aromatic heterocycles. The van der Waals surface area contributed by atoms with Crippen LogP contribution in [-0.2, 0) is 0 Å². The molecule has 0 fully saturated rings. The molecule has 4 heteroatoms. The third-order valence-corrected chi connectivity index (χ3v) is 4.29. The highest BCUT2D eigenvalue weighted by atomic mass is 35.5. The quantitative estimate of drug-likeness (QED) is 0.741. The van der Waals surface area contributed by atoms with E-state index in [9.17, 15) is 5.11 Å². The molecule has 2 N–H and O–H groups in total. The van der Waals surface area contributed by atoms with Gasteiger partial charge in [0, 0.05) is 17.6 Å². The molecule has 2 aromatic rings. The number of benzene rings is 2. The fourth-order valence-electron chi connectivity index (χ4n) is 2.59. The van der Waals surface area contributed by atoms with Gasteiger partial charge >= 0.3 is 0 Å². The normalized spacial score (nSPS) is 13.5. The van der Waals surface area contributed by atoms with Gasteiger partial charge in [-0.1, -0.05) is 48.4 Å². The predicted octanol–water partition coefficient (Wildman–Crippen LogP) is 4.44. The van der Waals surface area contributed by atoms with Crippen molar-refractivity contribution < 1.29 is 9.84 Å². The molecule has 0 aliphatic carbocycles. The molecule has 2 unspecified atom stereocenters. The highest BCUT2D eigenvalue weighted by Crippen LogP contribution is 2.22. The highest BCUT2D eigenvalue weighted by Gasteiger charge is 2.12. The first kappa shape index (κ1) is 18.8. The molecule has 0 radical (unpaired) electrons. The zero-order valence-corrected chi connectivity index (χ0v) is 15.3. The van der Waals surface area contributed by atoms with E-state index in [2.05, 4.69) is 43.4 Å². The minimum atomic E-state index is -0.570. The van der Waals surface area contributed by atoms with E-state index in [4.69, 9.17) is 16.3 Å². The summed E-state index contributed by atoms with van der Waals surface area (Å²) in [5.41, 5.74) is 3.46. The van der Waals surface area contributed by atoms with Crippen LogP contribution in [0.25, 0.3) is 0 Å². The third kappa shape index (κ3) is 5.52. The van der Waals surface area contributed by atoms with E-state index >= 15 is 0 Å². The minimum absolute atomic E-state index is 0.234. The summed E-state index contributed by atoms with van der Waals surface area (Å²) < 4.78 is 5.69. The third-order valence-electron chi connectivity index (χ3n) is 4.06. The molecule has 0 aliphatic rings. The molecule has 3 nitrogen and oxygen atoms in total. The van der Waals surface area contributed by atoms with E-state index in [0.717, 1.165) is 17.7 Å². The van der Waals surface area contributed by atoms with E-state index in [1.54, 1.807) is 6.07 Å². The van der Waals surface area contributed by atoms with Crippen LogP contribution >= 0.6 is 11.6 Å². The molecule has 24 heavy (non-hydrogen) atoms. The van der Waals surface area contributed by atoms with Crippen LogP contribution in [-0.4, -0.2) is 24.4 Å². The molecule has 0 bridgehead atoms. The monoisotopic (exact) mass is 347 g/mol.